The topological polar surface area (TPSA) is 39.1 Å². The second kappa shape index (κ2) is 5.02. The molecule has 4 heteroatoms. The second-order valence-corrected chi connectivity index (χ2v) is 5.99. The van der Waals surface area contributed by atoms with E-state index in [1.54, 1.807) is 0 Å². The van der Waals surface area contributed by atoms with Gasteiger partial charge in [0.05, 0.1) is 30.3 Å². The van der Waals surface area contributed by atoms with Crippen molar-refractivity contribution >= 4 is 0 Å². The molecule has 1 N–H and O–H groups in total. The maximum absolute atomic E-state index is 5.94. The Morgan fingerprint density at radius 3 is 3.06 bits per heavy atom. The van der Waals surface area contributed by atoms with Crippen LogP contribution in [0.4, 0.5) is 0 Å². The SMILES string of the molecule is CC(C)CNCc1cncn1C1CC2CCC1O2. The van der Waals surface area contributed by atoms with Crippen LogP contribution in [0.2, 0.25) is 0 Å². The zero-order chi connectivity index (χ0) is 12.5. The summed E-state index contributed by atoms with van der Waals surface area (Å²) in [5.41, 5.74) is 1.29. The predicted molar refractivity (Wildman–Crippen MR) is 70.3 cm³/mol. The van der Waals surface area contributed by atoms with Crippen molar-refractivity contribution in [2.24, 2.45) is 5.92 Å². The molecule has 100 valence electrons. The third kappa shape index (κ3) is 2.31. The molecule has 2 bridgehead atoms. The lowest BCUT2D eigenvalue weighted by Gasteiger charge is -2.22. The minimum Gasteiger partial charge on any atom is -0.373 e. The molecule has 3 atom stereocenters. The summed E-state index contributed by atoms with van der Waals surface area (Å²) >= 11 is 0. The van der Waals surface area contributed by atoms with Crippen LogP contribution in [0.15, 0.2) is 12.5 Å². The fourth-order valence-electron chi connectivity index (χ4n) is 3.16. The third-order valence-corrected chi connectivity index (χ3v) is 4.04. The number of hydrogen-bond acceptors (Lipinski definition) is 3. The number of nitrogens with one attached hydrogen (secondary N) is 1. The number of nitrogens with zero attached hydrogens (tertiary/aromatic N) is 2. The molecule has 18 heavy (non-hydrogen) atoms. The molecule has 2 aliphatic rings. The van der Waals surface area contributed by atoms with Gasteiger partial charge in [-0.25, -0.2) is 4.98 Å². The number of aromatic nitrogens is 2. The van der Waals surface area contributed by atoms with Crippen LogP contribution in [0, 0.1) is 5.92 Å². The highest BCUT2D eigenvalue weighted by atomic mass is 16.5. The number of hydrogen-bond donors (Lipinski definition) is 1. The molecule has 4 nitrogen and oxygen atoms in total. The molecule has 0 radical (unpaired) electrons. The summed E-state index contributed by atoms with van der Waals surface area (Å²) in [6, 6.07) is 0.516. The van der Waals surface area contributed by atoms with Crippen LogP contribution in [0.25, 0.3) is 0 Å². The highest BCUT2D eigenvalue weighted by molar-refractivity contribution is 5.05. The zero-order valence-electron chi connectivity index (χ0n) is 11.3. The molecule has 0 amide bonds. The summed E-state index contributed by atoms with van der Waals surface area (Å²) in [4.78, 5) is 4.32. The van der Waals surface area contributed by atoms with Crippen molar-refractivity contribution in [3.05, 3.63) is 18.2 Å². The first-order valence-corrected chi connectivity index (χ1v) is 7.11. The van der Waals surface area contributed by atoms with E-state index in [0.717, 1.165) is 19.5 Å². The Kier molecular flexibility index (Phi) is 3.39. The quantitative estimate of drug-likeness (QED) is 0.869. The number of rotatable bonds is 5. The Morgan fingerprint density at radius 1 is 1.50 bits per heavy atom. The molecule has 2 aliphatic heterocycles. The first-order chi connectivity index (χ1) is 8.74. The smallest absolute Gasteiger partial charge is 0.0952 e. The van der Waals surface area contributed by atoms with Crippen molar-refractivity contribution in [3.63, 3.8) is 0 Å². The van der Waals surface area contributed by atoms with Crippen molar-refractivity contribution in [1.29, 1.82) is 0 Å². The molecule has 0 spiro atoms. The number of ether oxygens (including phenoxy) is 1. The molecule has 2 fully saturated rings. The van der Waals surface area contributed by atoms with E-state index in [0.29, 0.717) is 24.2 Å². The minimum atomic E-state index is 0.424. The molecule has 0 aromatic carbocycles. The van der Waals surface area contributed by atoms with Gasteiger partial charge in [-0.05, 0) is 31.7 Å². The van der Waals surface area contributed by atoms with Gasteiger partial charge in [0.15, 0.2) is 0 Å². The summed E-state index contributed by atoms with van der Waals surface area (Å²) in [5.74, 6) is 0.687. The summed E-state index contributed by atoms with van der Waals surface area (Å²) in [6.45, 7) is 6.42. The van der Waals surface area contributed by atoms with Crippen LogP contribution in [0.5, 0.6) is 0 Å². The highest BCUT2D eigenvalue weighted by Gasteiger charge is 2.42. The largest absolute Gasteiger partial charge is 0.373 e. The first kappa shape index (κ1) is 12.2. The van der Waals surface area contributed by atoms with E-state index in [1.165, 1.54) is 18.5 Å². The van der Waals surface area contributed by atoms with Crippen molar-refractivity contribution in [2.45, 2.75) is 57.9 Å². The number of imidazole rings is 1. The van der Waals surface area contributed by atoms with E-state index in [9.17, 15) is 0 Å². The molecular weight excluding hydrogens is 226 g/mol. The van der Waals surface area contributed by atoms with Crippen LogP contribution < -0.4 is 5.32 Å². The summed E-state index contributed by atoms with van der Waals surface area (Å²) in [6.07, 6.45) is 8.51. The van der Waals surface area contributed by atoms with E-state index in [-0.39, 0.29) is 0 Å². The maximum Gasteiger partial charge on any atom is 0.0952 e. The first-order valence-electron chi connectivity index (χ1n) is 7.11. The number of fused-ring (bicyclic) bond motifs is 2. The fraction of sp³-hybridized carbons (Fsp3) is 0.786. The summed E-state index contributed by atoms with van der Waals surface area (Å²) in [5, 5.41) is 3.49. The Hall–Kier alpha value is -0.870. The van der Waals surface area contributed by atoms with Crippen LogP contribution in [0.1, 0.15) is 44.8 Å². The van der Waals surface area contributed by atoms with Gasteiger partial charge < -0.3 is 14.6 Å². The van der Waals surface area contributed by atoms with Gasteiger partial charge in [0, 0.05) is 12.7 Å². The lowest BCUT2D eigenvalue weighted by atomic mass is 9.95. The molecule has 1 aromatic heterocycles. The van der Waals surface area contributed by atoms with Crippen LogP contribution in [-0.4, -0.2) is 28.3 Å². The average molecular weight is 249 g/mol. The molecule has 0 aliphatic carbocycles. The van der Waals surface area contributed by atoms with Gasteiger partial charge in [0.1, 0.15) is 0 Å². The van der Waals surface area contributed by atoms with Gasteiger partial charge in [-0.15, -0.1) is 0 Å². The Labute approximate surface area is 109 Å². The molecule has 2 saturated heterocycles. The fourth-order valence-corrected chi connectivity index (χ4v) is 3.16. The Morgan fingerprint density at radius 2 is 2.39 bits per heavy atom. The van der Waals surface area contributed by atoms with Crippen molar-refractivity contribution in [3.8, 4) is 0 Å². The van der Waals surface area contributed by atoms with Gasteiger partial charge in [-0.1, -0.05) is 13.8 Å². The van der Waals surface area contributed by atoms with E-state index >= 15 is 0 Å². The molecule has 3 unspecified atom stereocenters. The summed E-state index contributed by atoms with van der Waals surface area (Å²) < 4.78 is 8.27. The molecule has 3 heterocycles. The van der Waals surface area contributed by atoms with E-state index in [1.807, 2.05) is 12.5 Å². The van der Waals surface area contributed by atoms with Gasteiger partial charge in [0.25, 0.3) is 0 Å². The van der Waals surface area contributed by atoms with Gasteiger partial charge >= 0.3 is 0 Å². The van der Waals surface area contributed by atoms with Crippen LogP contribution in [0.3, 0.4) is 0 Å². The monoisotopic (exact) mass is 249 g/mol. The molecule has 3 rings (SSSR count). The minimum absolute atomic E-state index is 0.424. The van der Waals surface area contributed by atoms with Crippen molar-refractivity contribution < 1.29 is 4.74 Å². The van der Waals surface area contributed by atoms with Crippen LogP contribution >= 0.6 is 0 Å². The van der Waals surface area contributed by atoms with Crippen LogP contribution in [-0.2, 0) is 11.3 Å². The predicted octanol–water partition coefficient (Wildman–Crippen LogP) is 2.12. The zero-order valence-corrected chi connectivity index (χ0v) is 11.3. The van der Waals surface area contributed by atoms with Crippen molar-refractivity contribution in [1.82, 2.24) is 14.9 Å². The van der Waals surface area contributed by atoms with Gasteiger partial charge in [-0.3, -0.25) is 0 Å². The molecule has 1 aromatic rings. The second-order valence-electron chi connectivity index (χ2n) is 5.99. The lowest BCUT2D eigenvalue weighted by Crippen LogP contribution is -2.25. The average Bonchev–Trinajstić information content (AvgIpc) is 3.03. The normalized spacial score (nSPS) is 30.5. The highest BCUT2D eigenvalue weighted by Crippen LogP contribution is 2.41. The standard InChI is InChI=1S/C14H23N3O/c1-10(2)6-15-7-11-8-16-9-17(11)13-5-12-3-4-14(13)18-12/h8-10,12-15H,3-7H2,1-2H3. The van der Waals surface area contributed by atoms with E-state index < -0.39 is 0 Å². The lowest BCUT2D eigenvalue weighted by molar-refractivity contribution is 0.0934. The van der Waals surface area contributed by atoms with Crippen molar-refractivity contribution in [2.75, 3.05) is 6.54 Å². The maximum atomic E-state index is 5.94. The summed E-state index contributed by atoms with van der Waals surface area (Å²) in [7, 11) is 0. The molecular formula is C14H23N3O. The van der Waals surface area contributed by atoms with Gasteiger partial charge in [0.2, 0.25) is 0 Å². The molecule has 0 saturated carbocycles. The Balaban J connectivity index is 1.64. The van der Waals surface area contributed by atoms with Gasteiger partial charge in [-0.2, -0.15) is 0 Å². The third-order valence-electron chi connectivity index (χ3n) is 4.04. The van der Waals surface area contributed by atoms with E-state index in [4.69, 9.17) is 4.74 Å². The van der Waals surface area contributed by atoms with E-state index in [2.05, 4.69) is 28.7 Å². The Bertz CT molecular complexity index is 401.